The van der Waals surface area contributed by atoms with Crippen LogP contribution in [0.4, 0.5) is 4.79 Å². The van der Waals surface area contributed by atoms with Crippen LogP contribution in [0.25, 0.3) is 0 Å². The van der Waals surface area contributed by atoms with E-state index in [2.05, 4.69) is 21.5 Å². The van der Waals surface area contributed by atoms with Crippen molar-refractivity contribution >= 4 is 6.09 Å². The highest BCUT2D eigenvalue weighted by Gasteiger charge is 2.29. The monoisotopic (exact) mass is 320 g/mol. The normalized spacial score (nSPS) is 24.4. The molecule has 0 saturated carbocycles. The largest absolute Gasteiger partial charge is 0.453 e. The van der Waals surface area contributed by atoms with Crippen LogP contribution in [0.3, 0.4) is 0 Å². The van der Waals surface area contributed by atoms with E-state index >= 15 is 0 Å². The van der Waals surface area contributed by atoms with Gasteiger partial charge in [0.05, 0.1) is 7.11 Å². The Kier molecular flexibility index (Phi) is 5.20. The molecule has 23 heavy (non-hydrogen) atoms. The summed E-state index contributed by atoms with van der Waals surface area (Å²) in [7, 11) is 3.55. The SMILES string of the molecule is COC(=O)N1CCCC(N2CCC(c3nccn3C)CC2)CC1. The van der Waals surface area contributed by atoms with Crippen molar-refractivity contribution in [3.63, 3.8) is 0 Å². The molecule has 2 aliphatic heterocycles. The molecule has 1 amide bonds. The quantitative estimate of drug-likeness (QED) is 0.838. The van der Waals surface area contributed by atoms with Gasteiger partial charge in [-0.3, -0.25) is 0 Å². The second kappa shape index (κ2) is 7.34. The molecule has 0 aromatic carbocycles. The maximum absolute atomic E-state index is 11.7. The minimum absolute atomic E-state index is 0.181. The fourth-order valence-electron chi connectivity index (χ4n) is 4.05. The smallest absolute Gasteiger partial charge is 0.409 e. The average Bonchev–Trinajstić information content (AvgIpc) is 2.86. The Morgan fingerprint density at radius 3 is 2.61 bits per heavy atom. The predicted octanol–water partition coefficient (Wildman–Crippen LogP) is 2.22. The molecule has 1 unspecified atom stereocenters. The number of amides is 1. The maximum atomic E-state index is 11.7. The van der Waals surface area contributed by atoms with Crippen LogP contribution in [-0.2, 0) is 11.8 Å². The highest BCUT2D eigenvalue weighted by molar-refractivity contribution is 5.67. The highest BCUT2D eigenvalue weighted by atomic mass is 16.5. The summed E-state index contributed by atoms with van der Waals surface area (Å²) in [6.07, 6.45) is 9.42. The predicted molar refractivity (Wildman–Crippen MR) is 88.4 cm³/mol. The summed E-state index contributed by atoms with van der Waals surface area (Å²) in [6, 6.07) is 0.604. The average molecular weight is 320 g/mol. The Labute approximate surface area is 138 Å². The summed E-state index contributed by atoms with van der Waals surface area (Å²) < 4.78 is 7.01. The first-order valence-electron chi connectivity index (χ1n) is 8.73. The van der Waals surface area contributed by atoms with Gasteiger partial charge in [-0.2, -0.15) is 0 Å². The lowest BCUT2D eigenvalue weighted by Crippen LogP contribution is -2.42. The zero-order chi connectivity index (χ0) is 16.2. The van der Waals surface area contributed by atoms with Gasteiger partial charge in [0.2, 0.25) is 0 Å². The molecule has 1 aromatic rings. The van der Waals surface area contributed by atoms with Gasteiger partial charge in [-0.25, -0.2) is 9.78 Å². The number of nitrogens with zero attached hydrogens (tertiary/aromatic N) is 4. The molecule has 3 heterocycles. The Morgan fingerprint density at radius 1 is 1.17 bits per heavy atom. The van der Waals surface area contributed by atoms with E-state index in [1.54, 1.807) is 0 Å². The van der Waals surface area contributed by atoms with Crippen LogP contribution >= 0.6 is 0 Å². The van der Waals surface area contributed by atoms with E-state index in [1.165, 1.54) is 32.2 Å². The molecule has 1 aromatic heterocycles. The van der Waals surface area contributed by atoms with Crippen LogP contribution in [0.2, 0.25) is 0 Å². The number of likely N-dealkylation sites (tertiary alicyclic amines) is 2. The van der Waals surface area contributed by atoms with Crippen molar-refractivity contribution in [2.24, 2.45) is 7.05 Å². The van der Waals surface area contributed by atoms with Gasteiger partial charge in [-0.05, 0) is 45.2 Å². The fraction of sp³-hybridized carbons (Fsp3) is 0.765. The summed E-state index contributed by atoms with van der Waals surface area (Å²) in [6.45, 7) is 3.92. The molecule has 6 nitrogen and oxygen atoms in total. The molecule has 0 N–H and O–H groups in total. The summed E-state index contributed by atoms with van der Waals surface area (Å²) in [4.78, 5) is 20.7. The van der Waals surface area contributed by atoms with Gasteiger partial charge in [0.15, 0.2) is 0 Å². The number of aryl methyl sites for hydroxylation is 1. The number of imidazole rings is 1. The lowest BCUT2D eigenvalue weighted by Gasteiger charge is -2.37. The third kappa shape index (κ3) is 3.68. The van der Waals surface area contributed by atoms with E-state index in [1.807, 2.05) is 17.3 Å². The molecular weight excluding hydrogens is 292 g/mol. The molecule has 0 spiro atoms. The molecule has 1 atom stereocenters. The van der Waals surface area contributed by atoms with E-state index in [0.717, 1.165) is 39.0 Å². The molecule has 2 saturated heterocycles. The van der Waals surface area contributed by atoms with Crippen LogP contribution in [0, 0.1) is 0 Å². The van der Waals surface area contributed by atoms with E-state index in [9.17, 15) is 4.79 Å². The number of aromatic nitrogens is 2. The second-order valence-electron chi connectivity index (χ2n) is 6.75. The fourth-order valence-corrected chi connectivity index (χ4v) is 4.05. The summed E-state index contributed by atoms with van der Waals surface area (Å²) in [5.74, 6) is 1.81. The topological polar surface area (TPSA) is 50.6 Å². The molecule has 128 valence electrons. The molecule has 2 fully saturated rings. The van der Waals surface area contributed by atoms with Gasteiger partial charge in [-0.1, -0.05) is 0 Å². The van der Waals surface area contributed by atoms with Gasteiger partial charge >= 0.3 is 6.09 Å². The first-order chi connectivity index (χ1) is 11.2. The van der Waals surface area contributed by atoms with Crippen LogP contribution in [-0.4, -0.2) is 64.8 Å². The Bertz CT molecular complexity index is 522. The molecule has 2 aliphatic rings. The van der Waals surface area contributed by atoms with Crippen LogP contribution in [0.5, 0.6) is 0 Å². The van der Waals surface area contributed by atoms with E-state index in [4.69, 9.17) is 4.74 Å². The van der Waals surface area contributed by atoms with Crippen molar-refractivity contribution in [2.75, 3.05) is 33.3 Å². The number of hydrogen-bond acceptors (Lipinski definition) is 4. The number of hydrogen-bond donors (Lipinski definition) is 0. The summed E-state index contributed by atoms with van der Waals surface area (Å²) >= 11 is 0. The molecule has 0 bridgehead atoms. The van der Waals surface area contributed by atoms with Crippen molar-refractivity contribution in [1.29, 1.82) is 0 Å². The summed E-state index contributed by atoms with van der Waals surface area (Å²) in [5, 5.41) is 0. The van der Waals surface area contributed by atoms with Crippen molar-refractivity contribution in [3.8, 4) is 0 Å². The Hall–Kier alpha value is -1.56. The van der Waals surface area contributed by atoms with E-state index in [-0.39, 0.29) is 6.09 Å². The lowest BCUT2D eigenvalue weighted by atomic mass is 9.93. The molecule has 6 heteroatoms. The van der Waals surface area contributed by atoms with Crippen LogP contribution < -0.4 is 0 Å². The number of carbonyl (C=O) groups excluding carboxylic acids is 1. The summed E-state index contributed by atoms with van der Waals surface area (Å²) in [5.41, 5.74) is 0. The van der Waals surface area contributed by atoms with Crippen LogP contribution in [0.1, 0.15) is 43.8 Å². The molecule has 0 aliphatic carbocycles. The van der Waals surface area contributed by atoms with Crippen molar-refractivity contribution < 1.29 is 9.53 Å². The van der Waals surface area contributed by atoms with Crippen molar-refractivity contribution in [1.82, 2.24) is 19.4 Å². The third-order valence-electron chi connectivity index (χ3n) is 5.40. The van der Waals surface area contributed by atoms with E-state index < -0.39 is 0 Å². The van der Waals surface area contributed by atoms with E-state index in [0.29, 0.717) is 12.0 Å². The number of piperidine rings is 1. The highest BCUT2D eigenvalue weighted by Crippen LogP contribution is 2.29. The number of carbonyl (C=O) groups is 1. The number of rotatable bonds is 2. The lowest BCUT2D eigenvalue weighted by molar-refractivity contribution is 0.118. The van der Waals surface area contributed by atoms with Gasteiger partial charge in [0.1, 0.15) is 5.82 Å². The third-order valence-corrected chi connectivity index (χ3v) is 5.40. The molecule has 0 radical (unpaired) electrons. The van der Waals surface area contributed by atoms with Gasteiger partial charge in [0.25, 0.3) is 0 Å². The standard InChI is InChI=1S/C17H28N4O2/c1-19-13-8-18-16(19)14-5-10-20(11-6-14)15-4-3-9-21(12-7-15)17(22)23-2/h8,13-15H,3-7,9-12H2,1-2H3. The maximum Gasteiger partial charge on any atom is 0.409 e. The number of methoxy groups -OCH3 is 1. The Morgan fingerprint density at radius 2 is 1.96 bits per heavy atom. The molecular formula is C17H28N4O2. The zero-order valence-electron chi connectivity index (χ0n) is 14.3. The van der Waals surface area contributed by atoms with Crippen molar-refractivity contribution in [2.45, 2.75) is 44.1 Å². The van der Waals surface area contributed by atoms with Crippen LogP contribution in [0.15, 0.2) is 12.4 Å². The van der Waals surface area contributed by atoms with Gasteiger partial charge in [0, 0.05) is 44.5 Å². The van der Waals surface area contributed by atoms with Gasteiger partial charge in [-0.15, -0.1) is 0 Å². The molecule has 3 rings (SSSR count). The Balaban J connectivity index is 1.52. The van der Waals surface area contributed by atoms with Gasteiger partial charge < -0.3 is 19.1 Å². The number of ether oxygens (including phenoxy) is 1. The zero-order valence-corrected chi connectivity index (χ0v) is 14.3. The minimum atomic E-state index is -0.181. The minimum Gasteiger partial charge on any atom is -0.453 e. The second-order valence-corrected chi connectivity index (χ2v) is 6.75. The first-order valence-corrected chi connectivity index (χ1v) is 8.73. The van der Waals surface area contributed by atoms with Crippen molar-refractivity contribution in [3.05, 3.63) is 18.2 Å². The first kappa shape index (κ1) is 16.3.